The zero-order chi connectivity index (χ0) is 15.6. The molecule has 1 heterocycles. The first-order valence-electron chi connectivity index (χ1n) is 6.52. The molecule has 1 atom stereocenters. The molecule has 0 aliphatic carbocycles. The maximum absolute atomic E-state index is 13.8. The quantitative estimate of drug-likeness (QED) is 0.734. The summed E-state index contributed by atoms with van der Waals surface area (Å²) in [5, 5.41) is 0. The molecule has 1 unspecified atom stereocenters. The fraction of sp³-hybridized carbons (Fsp3) is 0.846. The van der Waals surface area contributed by atoms with Crippen molar-refractivity contribution in [3.63, 3.8) is 0 Å². The van der Waals surface area contributed by atoms with Gasteiger partial charge in [-0.15, -0.1) is 0 Å². The first-order valence-corrected chi connectivity index (χ1v) is 6.52. The second kappa shape index (κ2) is 5.93. The van der Waals surface area contributed by atoms with Crippen LogP contribution in [0, 0.1) is 5.92 Å². The van der Waals surface area contributed by atoms with Crippen LogP contribution in [0.2, 0.25) is 0 Å². The van der Waals surface area contributed by atoms with Crippen molar-refractivity contribution in [2.45, 2.75) is 45.1 Å². The molecule has 0 radical (unpaired) electrons. The Balaban J connectivity index is 2.72. The number of alkyl halides is 2. The predicted molar refractivity (Wildman–Crippen MR) is 67.5 cm³/mol. The summed E-state index contributed by atoms with van der Waals surface area (Å²) in [5.41, 5.74) is -0.686. The molecule has 0 aromatic carbocycles. The molecule has 1 aliphatic rings. The van der Waals surface area contributed by atoms with Crippen LogP contribution in [0.25, 0.3) is 0 Å². The van der Waals surface area contributed by atoms with Crippen molar-refractivity contribution in [2.24, 2.45) is 5.92 Å². The fourth-order valence-corrected chi connectivity index (χ4v) is 2.07. The number of methoxy groups -OCH3 is 1. The Morgan fingerprint density at radius 2 is 1.85 bits per heavy atom. The predicted octanol–water partition coefficient (Wildman–Crippen LogP) is 2.44. The Morgan fingerprint density at radius 3 is 2.35 bits per heavy atom. The van der Waals surface area contributed by atoms with Crippen molar-refractivity contribution in [1.29, 1.82) is 0 Å². The number of hydrogen-bond acceptors (Lipinski definition) is 4. The second-order valence-electron chi connectivity index (χ2n) is 5.88. The van der Waals surface area contributed by atoms with E-state index in [1.54, 1.807) is 20.8 Å². The van der Waals surface area contributed by atoms with E-state index in [1.165, 1.54) is 4.90 Å². The number of piperidine rings is 1. The number of amides is 1. The summed E-state index contributed by atoms with van der Waals surface area (Å²) in [5.74, 6) is -6.39. The number of halogens is 2. The number of carbonyl (C=O) groups excluding carboxylic acids is 2. The van der Waals surface area contributed by atoms with Crippen LogP contribution < -0.4 is 0 Å². The molecule has 5 nitrogen and oxygen atoms in total. The van der Waals surface area contributed by atoms with E-state index in [0.29, 0.717) is 13.0 Å². The minimum absolute atomic E-state index is 0.168. The van der Waals surface area contributed by atoms with Gasteiger partial charge in [-0.05, 0) is 33.6 Å². The van der Waals surface area contributed by atoms with Crippen LogP contribution in [0.5, 0.6) is 0 Å². The minimum atomic E-state index is -3.59. The number of ether oxygens (including phenoxy) is 2. The maximum Gasteiger partial charge on any atom is 0.410 e. The number of likely N-dealkylation sites (tertiary alicyclic amines) is 1. The summed E-state index contributed by atoms with van der Waals surface area (Å²) in [6.07, 6.45) is -0.0689. The van der Waals surface area contributed by atoms with Gasteiger partial charge in [0.05, 0.1) is 13.0 Å². The van der Waals surface area contributed by atoms with Crippen molar-refractivity contribution in [2.75, 3.05) is 20.2 Å². The van der Waals surface area contributed by atoms with E-state index in [-0.39, 0.29) is 13.0 Å². The molecular weight excluding hydrogens is 272 g/mol. The largest absolute Gasteiger partial charge is 0.465 e. The van der Waals surface area contributed by atoms with Gasteiger partial charge in [0.15, 0.2) is 0 Å². The first-order chi connectivity index (χ1) is 9.08. The third-order valence-corrected chi connectivity index (χ3v) is 3.04. The van der Waals surface area contributed by atoms with Crippen molar-refractivity contribution in [3.05, 3.63) is 0 Å². The number of esters is 1. The lowest BCUT2D eigenvalue weighted by Crippen LogP contribution is -2.50. The highest BCUT2D eigenvalue weighted by molar-refractivity contribution is 5.78. The van der Waals surface area contributed by atoms with Gasteiger partial charge in [-0.2, -0.15) is 8.78 Å². The normalized spacial score (nSPS) is 20.5. The Kier molecular flexibility index (Phi) is 4.94. The lowest BCUT2D eigenvalue weighted by Gasteiger charge is -2.36. The van der Waals surface area contributed by atoms with Gasteiger partial charge in [-0.1, -0.05) is 0 Å². The van der Waals surface area contributed by atoms with Crippen molar-refractivity contribution in [1.82, 2.24) is 4.90 Å². The summed E-state index contributed by atoms with van der Waals surface area (Å²) in [7, 11) is 0.921. The summed E-state index contributed by atoms with van der Waals surface area (Å²) in [4.78, 5) is 24.2. The van der Waals surface area contributed by atoms with Gasteiger partial charge in [0.25, 0.3) is 0 Å². The van der Waals surface area contributed by atoms with E-state index in [1.807, 2.05) is 0 Å². The average Bonchev–Trinajstić information content (AvgIpc) is 2.35. The number of hydrogen-bond donors (Lipinski definition) is 0. The molecule has 1 aliphatic heterocycles. The Labute approximate surface area is 117 Å². The summed E-state index contributed by atoms with van der Waals surface area (Å²) in [6, 6.07) is 0. The highest BCUT2D eigenvalue weighted by atomic mass is 19.3. The van der Waals surface area contributed by atoms with Crippen LogP contribution in [0.4, 0.5) is 13.6 Å². The molecule has 7 heteroatoms. The second-order valence-corrected chi connectivity index (χ2v) is 5.88. The minimum Gasteiger partial charge on any atom is -0.465 e. The molecule has 0 spiro atoms. The van der Waals surface area contributed by atoms with Gasteiger partial charge in [-0.25, -0.2) is 9.59 Å². The fourth-order valence-electron chi connectivity index (χ4n) is 2.07. The molecular formula is C13H21F2NO4. The Hall–Kier alpha value is -1.40. The number of rotatable bonds is 2. The molecule has 0 bridgehead atoms. The molecule has 0 saturated carbocycles. The Bertz CT molecular complexity index is 379. The molecule has 0 N–H and O–H groups in total. The third kappa shape index (κ3) is 4.05. The van der Waals surface area contributed by atoms with Crippen molar-refractivity contribution >= 4 is 12.1 Å². The molecule has 116 valence electrons. The number of nitrogens with zero attached hydrogens (tertiary/aromatic N) is 1. The smallest absolute Gasteiger partial charge is 0.410 e. The third-order valence-electron chi connectivity index (χ3n) is 3.04. The SMILES string of the molecule is COC(=O)C(F)(F)C1CCCN(C(=O)OC(C)(C)C)C1. The standard InChI is InChI=1S/C13H21F2NO4/c1-12(2,3)20-11(18)16-7-5-6-9(8-16)13(14,15)10(17)19-4/h9H,5-8H2,1-4H3. The highest BCUT2D eigenvalue weighted by Gasteiger charge is 2.50. The van der Waals surface area contributed by atoms with E-state index in [2.05, 4.69) is 4.74 Å². The maximum atomic E-state index is 13.8. The Morgan fingerprint density at radius 1 is 1.25 bits per heavy atom. The molecule has 1 fully saturated rings. The van der Waals surface area contributed by atoms with Crippen LogP contribution in [-0.2, 0) is 14.3 Å². The zero-order valence-corrected chi connectivity index (χ0v) is 12.2. The molecule has 1 rings (SSSR count). The van der Waals surface area contributed by atoms with Gasteiger partial charge < -0.3 is 14.4 Å². The highest BCUT2D eigenvalue weighted by Crippen LogP contribution is 2.33. The van der Waals surface area contributed by atoms with Crippen LogP contribution in [0.15, 0.2) is 0 Å². The van der Waals surface area contributed by atoms with Crippen LogP contribution in [0.3, 0.4) is 0 Å². The molecule has 1 amide bonds. The molecule has 0 aromatic rings. The summed E-state index contributed by atoms with van der Waals surface area (Å²) >= 11 is 0. The average molecular weight is 293 g/mol. The van der Waals surface area contributed by atoms with E-state index in [9.17, 15) is 18.4 Å². The summed E-state index contributed by atoms with van der Waals surface area (Å²) in [6.45, 7) is 5.25. The monoisotopic (exact) mass is 293 g/mol. The number of carbonyl (C=O) groups is 2. The summed E-state index contributed by atoms with van der Waals surface area (Å²) < 4.78 is 36.9. The van der Waals surface area contributed by atoms with Gasteiger partial charge in [0, 0.05) is 13.1 Å². The van der Waals surface area contributed by atoms with E-state index in [0.717, 1.165) is 7.11 Å². The van der Waals surface area contributed by atoms with Gasteiger partial charge in [-0.3, -0.25) is 0 Å². The lowest BCUT2D eigenvalue weighted by atomic mass is 9.92. The van der Waals surface area contributed by atoms with Crippen LogP contribution in [0.1, 0.15) is 33.6 Å². The van der Waals surface area contributed by atoms with Crippen molar-refractivity contribution < 1.29 is 27.8 Å². The van der Waals surface area contributed by atoms with Crippen LogP contribution >= 0.6 is 0 Å². The topological polar surface area (TPSA) is 55.8 Å². The molecule has 0 aromatic heterocycles. The molecule has 1 saturated heterocycles. The van der Waals surface area contributed by atoms with Gasteiger partial charge in [0.1, 0.15) is 5.60 Å². The van der Waals surface area contributed by atoms with Crippen molar-refractivity contribution in [3.8, 4) is 0 Å². The van der Waals surface area contributed by atoms with Crippen LogP contribution in [-0.4, -0.2) is 48.7 Å². The zero-order valence-electron chi connectivity index (χ0n) is 12.2. The van der Waals surface area contributed by atoms with E-state index in [4.69, 9.17) is 4.74 Å². The van der Waals surface area contributed by atoms with E-state index >= 15 is 0 Å². The van der Waals surface area contributed by atoms with Gasteiger partial charge >= 0.3 is 18.0 Å². The first kappa shape index (κ1) is 16.7. The van der Waals surface area contributed by atoms with E-state index < -0.39 is 29.5 Å². The molecule has 20 heavy (non-hydrogen) atoms. The van der Waals surface area contributed by atoms with Gasteiger partial charge in [0.2, 0.25) is 0 Å². The lowest BCUT2D eigenvalue weighted by molar-refractivity contribution is -0.180.